The molecule has 0 aliphatic carbocycles. The third-order valence-corrected chi connectivity index (χ3v) is 7.99. The lowest BCUT2D eigenvalue weighted by Crippen LogP contribution is -2.46. The zero-order chi connectivity index (χ0) is 30.0. The lowest BCUT2D eigenvalue weighted by atomic mass is 9.91. The number of aromatic nitrogens is 1. The minimum Gasteiger partial charge on any atom is -0.441 e. The second kappa shape index (κ2) is 11.8. The molecular formula is C32H30F3N3O4. The number of anilines is 1. The molecule has 0 unspecified atom stereocenters. The van der Waals surface area contributed by atoms with Crippen LogP contribution in [0.25, 0.3) is 22.0 Å². The van der Waals surface area contributed by atoms with Crippen molar-refractivity contribution in [2.75, 3.05) is 24.5 Å². The standard InChI is InChI=1S/C31H30F3N3O2.CO2/c1-20(2)36-18-22(25-14-21(8-9-29(25)36)24-15-27(33)28(34)16-26(24)32)17-35-12-10-31(11-13-35)19-37(30(38)39-31)23-6-4-3-5-7-23;2-1-3/h3-9,14-16,18,20H,10-13,17,19H2,1-2H3;. The monoisotopic (exact) mass is 577 g/mol. The molecule has 2 aliphatic rings. The Bertz CT molecular complexity index is 1640. The van der Waals surface area contributed by atoms with Crippen molar-refractivity contribution in [3.63, 3.8) is 0 Å². The van der Waals surface area contributed by atoms with Crippen molar-refractivity contribution in [3.05, 3.63) is 89.9 Å². The molecule has 0 atom stereocenters. The topological polar surface area (TPSA) is 71.8 Å². The maximum atomic E-state index is 14.6. The van der Waals surface area contributed by atoms with Crippen LogP contribution < -0.4 is 4.90 Å². The van der Waals surface area contributed by atoms with E-state index in [1.165, 1.54) is 0 Å². The van der Waals surface area contributed by atoms with Crippen LogP contribution in [0.2, 0.25) is 0 Å². The predicted molar refractivity (Wildman–Crippen MR) is 150 cm³/mol. The number of halogens is 3. The number of hydrogen-bond donors (Lipinski definition) is 0. The second-order valence-corrected chi connectivity index (χ2v) is 11.0. The zero-order valence-electron chi connectivity index (χ0n) is 23.3. The van der Waals surface area contributed by atoms with E-state index in [2.05, 4.69) is 29.5 Å². The molecule has 0 saturated carbocycles. The average Bonchev–Trinajstić information content (AvgIpc) is 3.50. The van der Waals surface area contributed by atoms with Crippen molar-refractivity contribution >= 4 is 28.8 Å². The largest absolute Gasteiger partial charge is 0.441 e. The summed E-state index contributed by atoms with van der Waals surface area (Å²) in [6, 6.07) is 16.8. The van der Waals surface area contributed by atoms with Crippen molar-refractivity contribution in [2.45, 2.75) is 44.9 Å². The highest BCUT2D eigenvalue weighted by Gasteiger charge is 2.47. The lowest BCUT2D eigenvalue weighted by Gasteiger charge is -2.37. The van der Waals surface area contributed by atoms with Crippen LogP contribution in [-0.4, -0.2) is 46.9 Å². The highest BCUT2D eigenvalue weighted by atomic mass is 19.2. The van der Waals surface area contributed by atoms with E-state index in [0.717, 1.165) is 54.2 Å². The number of carbonyl (C=O) groups excluding carboxylic acids is 3. The maximum absolute atomic E-state index is 14.6. The van der Waals surface area contributed by atoms with Gasteiger partial charge in [-0.3, -0.25) is 9.80 Å². The van der Waals surface area contributed by atoms with Crippen molar-refractivity contribution in [2.24, 2.45) is 0 Å². The molecule has 0 bridgehead atoms. The highest BCUT2D eigenvalue weighted by Crippen LogP contribution is 2.37. The van der Waals surface area contributed by atoms with Gasteiger partial charge in [-0.1, -0.05) is 24.3 Å². The van der Waals surface area contributed by atoms with Crippen LogP contribution >= 0.6 is 0 Å². The average molecular weight is 578 g/mol. The van der Waals surface area contributed by atoms with Crippen molar-refractivity contribution in [3.8, 4) is 11.1 Å². The van der Waals surface area contributed by atoms with E-state index < -0.39 is 23.1 Å². The molecule has 2 aliphatic heterocycles. The van der Waals surface area contributed by atoms with E-state index in [1.807, 2.05) is 42.5 Å². The first-order chi connectivity index (χ1) is 20.1. The van der Waals surface area contributed by atoms with Gasteiger partial charge in [-0.25, -0.2) is 18.0 Å². The molecule has 1 aromatic heterocycles. The van der Waals surface area contributed by atoms with Crippen LogP contribution in [0.15, 0.2) is 66.9 Å². The van der Waals surface area contributed by atoms with Crippen LogP contribution in [0.3, 0.4) is 0 Å². The van der Waals surface area contributed by atoms with Crippen molar-refractivity contribution < 1.29 is 32.3 Å². The number of nitrogens with zero attached hydrogens (tertiary/aromatic N) is 3. The van der Waals surface area contributed by atoms with Gasteiger partial charge in [-0.15, -0.1) is 0 Å². The Morgan fingerprint density at radius 3 is 2.26 bits per heavy atom. The first-order valence-electron chi connectivity index (χ1n) is 13.7. The van der Waals surface area contributed by atoms with E-state index in [9.17, 15) is 18.0 Å². The van der Waals surface area contributed by atoms with Gasteiger partial charge < -0.3 is 9.30 Å². The van der Waals surface area contributed by atoms with E-state index in [4.69, 9.17) is 14.3 Å². The summed E-state index contributed by atoms with van der Waals surface area (Å²) in [7, 11) is 0. The number of carbonyl (C=O) groups is 1. The summed E-state index contributed by atoms with van der Waals surface area (Å²) in [6.07, 6.45) is 3.54. The number of amides is 1. The molecule has 10 heteroatoms. The quantitative estimate of drug-likeness (QED) is 0.247. The summed E-state index contributed by atoms with van der Waals surface area (Å²) in [5, 5.41) is 0.952. The van der Waals surface area contributed by atoms with Crippen molar-refractivity contribution in [1.82, 2.24) is 9.47 Å². The smallest absolute Gasteiger partial charge is 0.415 e. The molecule has 2 saturated heterocycles. The lowest BCUT2D eigenvalue weighted by molar-refractivity contribution is -0.191. The Kier molecular flexibility index (Phi) is 8.20. The summed E-state index contributed by atoms with van der Waals surface area (Å²) in [5.41, 5.74) is 2.96. The molecular weight excluding hydrogens is 547 g/mol. The third kappa shape index (κ3) is 5.68. The number of fused-ring (bicyclic) bond motifs is 1. The van der Waals surface area contributed by atoms with Crippen LogP contribution in [0.1, 0.15) is 38.3 Å². The molecule has 6 rings (SSSR count). The van der Waals surface area contributed by atoms with Crippen LogP contribution in [0.4, 0.5) is 23.7 Å². The van der Waals surface area contributed by atoms with E-state index in [1.54, 1.807) is 11.0 Å². The summed E-state index contributed by atoms with van der Waals surface area (Å²) in [4.78, 5) is 33.0. The Labute approximate surface area is 241 Å². The SMILES string of the molecule is CC(C)n1cc(CN2CCC3(CC2)CN(c2ccccc2)C(=O)O3)c2cc(-c3cc(F)c(F)cc3F)ccc21.O=C=O. The van der Waals surface area contributed by atoms with Gasteiger partial charge in [0.1, 0.15) is 11.4 Å². The number of likely N-dealkylation sites (tertiary alicyclic amines) is 1. The zero-order valence-corrected chi connectivity index (χ0v) is 23.3. The molecule has 0 N–H and O–H groups in total. The van der Waals surface area contributed by atoms with Crippen LogP contribution in [0.5, 0.6) is 0 Å². The first-order valence-corrected chi connectivity index (χ1v) is 13.7. The Balaban J connectivity index is 0.00000113. The molecule has 42 heavy (non-hydrogen) atoms. The van der Waals surface area contributed by atoms with Gasteiger partial charge in [0.05, 0.1) is 6.54 Å². The number of para-hydroxylation sites is 1. The van der Waals surface area contributed by atoms with Crippen LogP contribution in [-0.2, 0) is 20.9 Å². The van der Waals surface area contributed by atoms with Crippen LogP contribution in [0, 0.1) is 17.5 Å². The van der Waals surface area contributed by atoms with E-state index in [0.29, 0.717) is 24.7 Å². The minimum absolute atomic E-state index is 0.0324. The number of piperidine rings is 1. The molecule has 1 spiro atoms. The van der Waals surface area contributed by atoms with Crippen molar-refractivity contribution in [1.29, 1.82) is 0 Å². The molecule has 4 aromatic rings. The Morgan fingerprint density at radius 2 is 1.60 bits per heavy atom. The molecule has 3 heterocycles. The molecule has 2 fully saturated rings. The van der Waals surface area contributed by atoms with Gasteiger partial charge in [0.25, 0.3) is 0 Å². The molecule has 7 nitrogen and oxygen atoms in total. The third-order valence-electron chi connectivity index (χ3n) is 7.99. The molecule has 218 valence electrons. The predicted octanol–water partition coefficient (Wildman–Crippen LogP) is 6.71. The summed E-state index contributed by atoms with van der Waals surface area (Å²) in [5.74, 6) is -3.08. The van der Waals surface area contributed by atoms with Gasteiger partial charge >= 0.3 is 12.2 Å². The second-order valence-electron chi connectivity index (χ2n) is 11.0. The van der Waals surface area contributed by atoms with Gasteiger partial charge in [-0.05, 0) is 55.3 Å². The highest BCUT2D eigenvalue weighted by molar-refractivity contribution is 5.90. The van der Waals surface area contributed by atoms with Gasteiger partial charge in [0.15, 0.2) is 11.6 Å². The van der Waals surface area contributed by atoms with E-state index in [-0.39, 0.29) is 23.9 Å². The fourth-order valence-corrected chi connectivity index (χ4v) is 5.84. The first kappa shape index (κ1) is 29.1. The van der Waals surface area contributed by atoms with Gasteiger partial charge in [0, 0.05) is 72.9 Å². The normalized spacial score (nSPS) is 16.4. The minimum atomic E-state index is -1.20. The summed E-state index contributed by atoms with van der Waals surface area (Å²) in [6.45, 7) is 6.95. The summed E-state index contributed by atoms with van der Waals surface area (Å²) < 4.78 is 50.1. The number of rotatable bonds is 5. The Hall–Kier alpha value is -4.40. The summed E-state index contributed by atoms with van der Waals surface area (Å²) >= 11 is 0. The van der Waals surface area contributed by atoms with E-state index >= 15 is 0 Å². The fourth-order valence-electron chi connectivity index (χ4n) is 5.84. The Morgan fingerprint density at radius 1 is 0.929 bits per heavy atom. The van der Waals surface area contributed by atoms with Gasteiger partial charge in [-0.2, -0.15) is 9.59 Å². The maximum Gasteiger partial charge on any atom is 0.415 e. The van der Waals surface area contributed by atoms with Gasteiger partial charge in [0.2, 0.25) is 0 Å². The number of hydrogen-bond acceptors (Lipinski definition) is 5. The fraction of sp³-hybridized carbons (Fsp3) is 0.312. The molecule has 0 radical (unpaired) electrons. The number of benzene rings is 3. The number of ether oxygens (including phenoxy) is 1. The molecule has 1 amide bonds. The molecule has 3 aromatic carbocycles.